The molecule has 0 amide bonds. The van der Waals surface area contributed by atoms with Gasteiger partial charge in [0.2, 0.25) is 5.13 Å². The second kappa shape index (κ2) is 5.12. The van der Waals surface area contributed by atoms with Crippen molar-refractivity contribution >= 4 is 28.3 Å². The van der Waals surface area contributed by atoms with E-state index < -0.39 is 0 Å². The predicted molar refractivity (Wildman–Crippen MR) is 66.8 cm³/mol. The molecule has 1 rings (SSSR count). The SMILES string of the molecule is Cc1nsc(NCC(Cl)CC(C)(C)C)n1. The van der Waals surface area contributed by atoms with Crippen LogP contribution in [0.3, 0.4) is 0 Å². The molecule has 0 saturated heterocycles. The van der Waals surface area contributed by atoms with Crippen LogP contribution in [0, 0.1) is 12.3 Å². The summed E-state index contributed by atoms with van der Waals surface area (Å²) in [6, 6.07) is 0. The summed E-state index contributed by atoms with van der Waals surface area (Å²) in [7, 11) is 0. The molecular weight excluding hydrogens is 230 g/mol. The summed E-state index contributed by atoms with van der Waals surface area (Å²) in [5.74, 6) is 0.810. The molecule has 86 valence electrons. The van der Waals surface area contributed by atoms with Gasteiger partial charge in [0, 0.05) is 18.1 Å². The van der Waals surface area contributed by atoms with Crippen LogP contribution in [0.2, 0.25) is 0 Å². The quantitative estimate of drug-likeness (QED) is 0.830. The molecule has 1 aromatic rings. The smallest absolute Gasteiger partial charge is 0.202 e. The van der Waals surface area contributed by atoms with E-state index in [1.54, 1.807) is 0 Å². The van der Waals surface area contributed by atoms with Crippen LogP contribution in [-0.2, 0) is 0 Å². The Bertz CT molecular complexity index is 306. The van der Waals surface area contributed by atoms with Gasteiger partial charge in [0.05, 0.1) is 5.38 Å². The summed E-state index contributed by atoms with van der Waals surface area (Å²) in [5, 5.41) is 4.19. The average Bonchev–Trinajstić information content (AvgIpc) is 2.45. The summed E-state index contributed by atoms with van der Waals surface area (Å²) in [5.41, 5.74) is 0.269. The normalized spacial score (nSPS) is 13.9. The number of alkyl halides is 1. The molecule has 0 fully saturated rings. The first-order valence-electron chi connectivity index (χ1n) is 5.05. The highest BCUT2D eigenvalue weighted by Crippen LogP contribution is 2.24. The Hall–Kier alpha value is -0.350. The van der Waals surface area contributed by atoms with Gasteiger partial charge >= 0.3 is 0 Å². The first kappa shape index (κ1) is 12.7. The standard InChI is InChI=1S/C10H18ClN3S/c1-7-13-9(15-14-7)12-6-8(11)5-10(2,3)4/h8H,5-6H2,1-4H3,(H,12,13,14). The number of anilines is 1. The summed E-state index contributed by atoms with van der Waals surface area (Å²) in [6.07, 6.45) is 0.985. The highest BCUT2D eigenvalue weighted by atomic mass is 35.5. The van der Waals surface area contributed by atoms with Gasteiger partial charge in [0.1, 0.15) is 5.82 Å². The van der Waals surface area contributed by atoms with Crippen molar-refractivity contribution in [2.24, 2.45) is 5.41 Å². The van der Waals surface area contributed by atoms with Crippen molar-refractivity contribution in [3.8, 4) is 0 Å². The van der Waals surface area contributed by atoms with Crippen LogP contribution in [-0.4, -0.2) is 21.3 Å². The first-order chi connectivity index (χ1) is 6.87. The van der Waals surface area contributed by atoms with Crippen LogP contribution in [0.15, 0.2) is 0 Å². The van der Waals surface area contributed by atoms with Crippen molar-refractivity contribution in [2.45, 2.75) is 39.5 Å². The highest BCUT2D eigenvalue weighted by molar-refractivity contribution is 7.09. The molecular formula is C10H18ClN3S. The van der Waals surface area contributed by atoms with Crippen molar-refractivity contribution in [3.05, 3.63) is 5.82 Å². The van der Waals surface area contributed by atoms with Crippen LogP contribution < -0.4 is 5.32 Å². The minimum Gasteiger partial charge on any atom is -0.359 e. The third kappa shape index (κ3) is 5.33. The lowest BCUT2D eigenvalue weighted by Gasteiger charge is -2.21. The fraction of sp³-hybridized carbons (Fsp3) is 0.800. The molecule has 15 heavy (non-hydrogen) atoms. The zero-order valence-electron chi connectivity index (χ0n) is 9.67. The van der Waals surface area contributed by atoms with E-state index in [1.165, 1.54) is 11.5 Å². The minimum absolute atomic E-state index is 0.134. The van der Waals surface area contributed by atoms with E-state index in [0.29, 0.717) is 0 Å². The van der Waals surface area contributed by atoms with Crippen LogP contribution in [0.5, 0.6) is 0 Å². The Morgan fingerprint density at radius 1 is 1.47 bits per heavy atom. The third-order valence-corrected chi connectivity index (χ3v) is 2.91. The largest absolute Gasteiger partial charge is 0.359 e. The molecule has 0 aromatic carbocycles. The Morgan fingerprint density at radius 3 is 2.60 bits per heavy atom. The second-order valence-corrected chi connectivity index (χ2v) is 6.26. The fourth-order valence-corrected chi connectivity index (χ4v) is 2.42. The number of hydrogen-bond acceptors (Lipinski definition) is 4. The highest BCUT2D eigenvalue weighted by Gasteiger charge is 2.16. The van der Waals surface area contributed by atoms with Gasteiger partial charge in [-0.2, -0.15) is 4.37 Å². The van der Waals surface area contributed by atoms with Gasteiger partial charge in [-0.25, -0.2) is 4.98 Å². The van der Waals surface area contributed by atoms with Crippen LogP contribution in [0.25, 0.3) is 0 Å². The van der Waals surface area contributed by atoms with Crippen molar-refractivity contribution in [1.29, 1.82) is 0 Å². The van der Waals surface area contributed by atoms with Crippen molar-refractivity contribution in [2.75, 3.05) is 11.9 Å². The van der Waals surface area contributed by atoms with Gasteiger partial charge in [-0.3, -0.25) is 0 Å². The van der Waals surface area contributed by atoms with Crippen LogP contribution >= 0.6 is 23.1 Å². The van der Waals surface area contributed by atoms with Crippen LogP contribution in [0.4, 0.5) is 5.13 Å². The molecule has 1 aromatic heterocycles. The number of nitrogens with zero attached hydrogens (tertiary/aromatic N) is 2. The van der Waals surface area contributed by atoms with E-state index in [-0.39, 0.29) is 10.8 Å². The summed E-state index contributed by atoms with van der Waals surface area (Å²) in [6.45, 7) is 9.20. The number of aromatic nitrogens is 2. The van der Waals surface area contributed by atoms with Gasteiger partial charge in [0.15, 0.2) is 0 Å². The lowest BCUT2D eigenvalue weighted by Crippen LogP contribution is -2.20. The van der Waals surface area contributed by atoms with Gasteiger partial charge in [-0.1, -0.05) is 20.8 Å². The van der Waals surface area contributed by atoms with Crippen molar-refractivity contribution in [3.63, 3.8) is 0 Å². The molecule has 3 nitrogen and oxygen atoms in total. The van der Waals surface area contributed by atoms with E-state index in [9.17, 15) is 0 Å². The van der Waals surface area contributed by atoms with Crippen molar-refractivity contribution in [1.82, 2.24) is 9.36 Å². The van der Waals surface area contributed by atoms with Gasteiger partial charge in [-0.05, 0) is 18.8 Å². The molecule has 0 bridgehead atoms. The Kier molecular flexibility index (Phi) is 4.34. The Labute approximate surface area is 100 Å². The molecule has 1 unspecified atom stereocenters. The van der Waals surface area contributed by atoms with E-state index in [1.807, 2.05) is 6.92 Å². The molecule has 0 spiro atoms. The van der Waals surface area contributed by atoms with Gasteiger partial charge in [-0.15, -0.1) is 11.6 Å². The Balaban J connectivity index is 2.31. The number of halogens is 1. The average molecular weight is 248 g/mol. The number of nitrogens with one attached hydrogen (secondary N) is 1. The molecule has 5 heteroatoms. The maximum Gasteiger partial charge on any atom is 0.202 e. The zero-order chi connectivity index (χ0) is 11.5. The van der Waals surface area contributed by atoms with E-state index in [2.05, 4.69) is 35.4 Å². The van der Waals surface area contributed by atoms with Crippen LogP contribution in [0.1, 0.15) is 33.0 Å². The molecule has 1 atom stereocenters. The minimum atomic E-state index is 0.134. The summed E-state index contributed by atoms with van der Waals surface area (Å²) >= 11 is 7.59. The Morgan fingerprint density at radius 2 is 2.13 bits per heavy atom. The fourth-order valence-electron chi connectivity index (χ4n) is 1.30. The van der Waals surface area contributed by atoms with Gasteiger partial charge < -0.3 is 5.32 Å². The van der Waals surface area contributed by atoms with E-state index in [0.717, 1.165) is 23.9 Å². The third-order valence-electron chi connectivity index (χ3n) is 1.84. The molecule has 0 aliphatic rings. The lowest BCUT2D eigenvalue weighted by molar-refractivity contribution is 0.373. The molecule has 0 aliphatic heterocycles. The molecule has 1 N–H and O–H groups in total. The van der Waals surface area contributed by atoms with Gasteiger partial charge in [0.25, 0.3) is 0 Å². The van der Waals surface area contributed by atoms with Crippen molar-refractivity contribution < 1.29 is 0 Å². The topological polar surface area (TPSA) is 37.8 Å². The number of hydrogen-bond donors (Lipinski definition) is 1. The molecule has 0 radical (unpaired) electrons. The maximum absolute atomic E-state index is 6.22. The number of aryl methyl sites for hydroxylation is 1. The van der Waals surface area contributed by atoms with E-state index >= 15 is 0 Å². The first-order valence-corrected chi connectivity index (χ1v) is 6.26. The number of rotatable bonds is 4. The molecule has 0 aliphatic carbocycles. The second-order valence-electron chi connectivity index (χ2n) is 4.89. The lowest BCUT2D eigenvalue weighted by atomic mass is 9.90. The summed E-state index contributed by atoms with van der Waals surface area (Å²) in [4.78, 5) is 4.22. The monoisotopic (exact) mass is 247 g/mol. The molecule has 1 heterocycles. The predicted octanol–water partition coefficient (Wildman–Crippen LogP) is 3.30. The maximum atomic E-state index is 6.22. The zero-order valence-corrected chi connectivity index (χ0v) is 11.2. The summed E-state index contributed by atoms with van der Waals surface area (Å²) < 4.78 is 4.09. The molecule has 0 saturated carbocycles. The van der Waals surface area contributed by atoms with E-state index in [4.69, 9.17) is 11.6 Å².